The number of amides is 1. The zero-order valence-corrected chi connectivity index (χ0v) is 13.9. The van der Waals surface area contributed by atoms with Gasteiger partial charge in [-0.05, 0) is 24.5 Å². The molecule has 1 saturated heterocycles. The SMILES string of the molecule is O=C(c1ccoc1)N1CCC[C@H](c2nncn2Cc2ccccc2)C1. The zero-order chi connectivity index (χ0) is 17.1. The highest BCUT2D eigenvalue weighted by Gasteiger charge is 2.28. The quantitative estimate of drug-likeness (QED) is 0.735. The Bertz CT molecular complexity index is 826. The molecule has 6 nitrogen and oxygen atoms in total. The van der Waals surface area contributed by atoms with Gasteiger partial charge in [0.2, 0.25) is 0 Å². The summed E-state index contributed by atoms with van der Waals surface area (Å²) in [6.07, 6.45) is 6.79. The van der Waals surface area contributed by atoms with Crippen LogP contribution in [0, 0.1) is 0 Å². The number of hydrogen-bond donors (Lipinski definition) is 0. The van der Waals surface area contributed by atoms with E-state index in [2.05, 4.69) is 26.9 Å². The zero-order valence-electron chi connectivity index (χ0n) is 13.9. The van der Waals surface area contributed by atoms with E-state index in [9.17, 15) is 4.79 Å². The fourth-order valence-electron chi connectivity index (χ4n) is 3.42. The second kappa shape index (κ2) is 6.93. The van der Waals surface area contributed by atoms with Gasteiger partial charge in [0, 0.05) is 19.0 Å². The second-order valence-corrected chi connectivity index (χ2v) is 6.40. The summed E-state index contributed by atoms with van der Waals surface area (Å²) < 4.78 is 7.13. The molecule has 1 fully saturated rings. The summed E-state index contributed by atoms with van der Waals surface area (Å²) in [7, 11) is 0. The van der Waals surface area contributed by atoms with Gasteiger partial charge in [-0.15, -0.1) is 10.2 Å². The molecule has 0 spiro atoms. The molecule has 0 aliphatic carbocycles. The maximum Gasteiger partial charge on any atom is 0.257 e. The van der Waals surface area contributed by atoms with Crippen LogP contribution in [0.1, 0.15) is 40.5 Å². The Morgan fingerprint density at radius 2 is 2.12 bits per heavy atom. The summed E-state index contributed by atoms with van der Waals surface area (Å²) in [5, 5.41) is 8.46. The van der Waals surface area contributed by atoms with Crippen LogP contribution in [0.5, 0.6) is 0 Å². The van der Waals surface area contributed by atoms with E-state index in [1.54, 1.807) is 12.4 Å². The number of benzene rings is 1. The van der Waals surface area contributed by atoms with Crippen molar-refractivity contribution in [1.82, 2.24) is 19.7 Å². The number of carbonyl (C=O) groups is 1. The molecule has 1 aromatic carbocycles. The van der Waals surface area contributed by atoms with Crippen LogP contribution in [0.15, 0.2) is 59.7 Å². The minimum absolute atomic E-state index is 0.0209. The molecule has 1 atom stereocenters. The van der Waals surface area contributed by atoms with Crippen molar-refractivity contribution in [3.05, 3.63) is 72.2 Å². The van der Waals surface area contributed by atoms with Gasteiger partial charge >= 0.3 is 0 Å². The van der Waals surface area contributed by atoms with E-state index in [0.29, 0.717) is 12.1 Å². The van der Waals surface area contributed by atoms with E-state index in [1.807, 2.05) is 23.1 Å². The fraction of sp³-hybridized carbons (Fsp3) is 0.316. The van der Waals surface area contributed by atoms with Crippen molar-refractivity contribution in [2.75, 3.05) is 13.1 Å². The normalized spacial score (nSPS) is 17.6. The average molecular weight is 336 g/mol. The largest absolute Gasteiger partial charge is 0.472 e. The van der Waals surface area contributed by atoms with Crippen molar-refractivity contribution in [2.24, 2.45) is 0 Å². The van der Waals surface area contributed by atoms with Crippen molar-refractivity contribution in [3.63, 3.8) is 0 Å². The van der Waals surface area contributed by atoms with Crippen LogP contribution in [0.4, 0.5) is 0 Å². The lowest BCUT2D eigenvalue weighted by Gasteiger charge is -2.32. The first-order chi connectivity index (χ1) is 12.3. The van der Waals surface area contributed by atoms with Gasteiger partial charge in [-0.2, -0.15) is 0 Å². The molecule has 25 heavy (non-hydrogen) atoms. The van der Waals surface area contributed by atoms with Crippen LogP contribution in [0.3, 0.4) is 0 Å². The molecule has 0 bridgehead atoms. The number of likely N-dealkylation sites (tertiary alicyclic amines) is 1. The first kappa shape index (κ1) is 15.6. The third kappa shape index (κ3) is 3.33. The van der Waals surface area contributed by atoms with E-state index >= 15 is 0 Å². The Morgan fingerprint density at radius 1 is 1.24 bits per heavy atom. The topological polar surface area (TPSA) is 64.2 Å². The molecule has 1 aliphatic heterocycles. The number of furan rings is 1. The predicted octanol–water partition coefficient (Wildman–Crippen LogP) is 2.94. The molecule has 1 aliphatic rings. The molecule has 128 valence electrons. The molecule has 3 heterocycles. The fourth-order valence-corrected chi connectivity index (χ4v) is 3.42. The highest BCUT2D eigenvalue weighted by atomic mass is 16.3. The highest BCUT2D eigenvalue weighted by molar-refractivity contribution is 5.93. The van der Waals surface area contributed by atoms with Gasteiger partial charge in [0.15, 0.2) is 0 Å². The number of hydrogen-bond acceptors (Lipinski definition) is 4. The second-order valence-electron chi connectivity index (χ2n) is 6.40. The summed E-state index contributed by atoms with van der Waals surface area (Å²) in [6, 6.07) is 12.0. The van der Waals surface area contributed by atoms with Gasteiger partial charge in [-0.3, -0.25) is 4.79 Å². The van der Waals surface area contributed by atoms with Gasteiger partial charge in [0.05, 0.1) is 18.4 Å². The third-order valence-electron chi connectivity index (χ3n) is 4.68. The van der Waals surface area contributed by atoms with E-state index in [0.717, 1.165) is 31.8 Å². The average Bonchev–Trinajstić information content (AvgIpc) is 3.34. The molecule has 0 N–H and O–H groups in total. The lowest BCUT2D eigenvalue weighted by Crippen LogP contribution is -2.39. The Morgan fingerprint density at radius 3 is 2.92 bits per heavy atom. The predicted molar refractivity (Wildman–Crippen MR) is 92.2 cm³/mol. The number of rotatable bonds is 4. The molecule has 3 aromatic rings. The van der Waals surface area contributed by atoms with E-state index < -0.39 is 0 Å². The molecule has 0 radical (unpaired) electrons. The summed E-state index contributed by atoms with van der Waals surface area (Å²) >= 11 is 0. The van der Waals surface area contributed by atoms with Crippen molar-refractivity contribution in [3.8, 4) is 0 Å². The molecular weight excluding hydrogens is 316 g/mol. The van der Waals surface area contributed by atoms with Crippen LogP contribution in [-0.2, 0) is 6.54 Å². The Balaban J connectivity index is 1.50. The molecule has 1 amide bonds. The van der Waals surface area contributed by atoms with Gasteiger partial charge < -0.3 is 13.9 Å². The van der Waals surface area contributed by atoms with Crippen LogP contribution in [0.2, 0.25) is 0 Å². The summed E-state index contributed by atoms with van der Waals surface area (Å²) in [6.45, 7) is 2.18. The number of nitrogens with zero attached hydrogens (tertiary/aromatic N) is 4. The van der Waals surface area contributed by atoms with Gasteiger partial charge in [0.25, 0.3) is 5.91 Å². The van der Waals surface area contributed by atoms with Gasteiger partial charge in [-0.25, -0.2) is 0 Å². The minimum atomic E-state index is 0.0209. The maximum absolute atomic E-state index is 12.6. The lowest BCUT2D eigenvalue weighted by atomic mass is 9.96. The Hall–Kier alpha value is -2.89. The molecule has 0 saturated carbocycles. The van der Waals surface area contributed by atoms with Gasteiger partial charge in [-0.1, -0.05) is 30.3 Å². The number of aromatic nitrogens is 3. The smallest absolute Gasteiger partial charge is 0.257 e. The summed E-state index contributed by atoms with van der Waals surface area (Å²) in [5.41, 5.74) is 1.82. The van der Waals surface area contributed by atoms with Crippen LogP contribution < -0.4 is 0 Å². The van der Waals surface area contributed by atoms with E-state index in [4.69, 9.17) is 4.42 Å². The first-order valence-electron chi connectivity index (χ1n) is 8.54. The molecule has 2 aromatic heterocycles. The summed E-state index contributed by atoms with van der Waals surface area (Å²) in [5.74, 6) is 1.18. The molecular formula is C19H20N4O2. The monoisotopic (exact) mass is 336 g/mol. The third-order valence-corrected chi connectivity index (χ3v) is 4.68. The first-order valence-corrected chi connectivity index (χ1v) is 8.54. The molecule has 4 rings (SSSR count). The Kier molecular flexibility index (Phi) is 4.33. The maximum atomic E-state index is 12.6. The highest BCUT2D eigenvalue weighted by Crippen LogP contribution is 2.27. The van der Waals surface area contributed by atoms with Crippen LogP contribution in [-0.4, -0.2) is 38.7 Å². The van der Waals surface area contributed by atoms with Crippen molar-refractivity contribution < 1.29 is 9.21 Å². The van der Waals surface area contributed by atoms with Crippen LogP contribution in [0.25, 0.3) is 0 Å². The standard InChI is InChI=1S/C19H20N4O2/c24-19(17-8-10-25-13-17)22-9-4-7-16(12-22)18-21-20-14-23(18)11-15-5-2-1-3-6-15/h1-3,5-6,8,10,13-14,16H,4,7,9,11-12H2/t16-/m0/s1. The minimum Gasteiger partial charge on any atom is -0.472 e. The lowest BCUT2D eigenvalue weighted by molar-refractivity contribution is 0.0702. The number of carbonyl (C=O) groups excluding carboxylic acids is 1. The van der Waals surface area contributed by atoms with Crippen molar-refractivity contribution in [2.45, 2.75) is 25.3 Å². The summed E-state index contributed by atoms with van der Waals surface area (Å²) in [4.78, 5) is 14.5. The van der Waals surface area contributed by atoms with E-state index in [1.165, 1.54) is 18.1 Å². The van der Waals surface area contributed by atoms with Crippen LogP contribution >= 0.6 is 0 Å². The van der Waals surface area contributed by atoms with E-state index in [-0.39, 0.29) is 11.8 Å². The van der Waals surface area contributed by atoms with Crippen molar-refractivity contribution in [1.29, 1.82) is 0 Å². The van der Waals surface area contributed by atoms with Gasteiger partial charge in [0.1, 0.15) is 18.4 Å². The molecule has 6 heteroatoms. The number of piperidine rings is 1. The van der Waals surface area contributed by atoms with Crippen molar-refractivity contribution >= 4 is 5.91 Å². The Labute approximate surface area is 146 Å². The molecule has 0 unspecified atom stereocenters.